The van der Waals surface area contributed by atoms with Crippen LogP contribution in [0.2, 0.25) is 0 Å². The van der Waals surface area contributed by atoms with Gasteiger partial charge < -0.3 is 10.2 Å². The number of hydrogen-bond acceptors (Lipinski definition) is 4. The molecule has 0 radical (unpaired) electrons. The van der Waals surface area contributed by atoms with Crippen molar-refractivity contribution in [3.63, 3.8) is 0 Å². The van der Waals surface area contributed by atoms with Gasteiger partial charge in [-0.25, -0.2) is 8.42 Å². The third kappa shape index (κ3) is 3.59. The molecule has 0 spiro atoms. The molecule has 0 aromatic carbocycles. The van der Waals surface area contributed by atoms with Gasteiger partial charge in [-0.3, -0.25) is 4.79 Å². The Bertz CT molecular complexity index is 489. The molecule has 1 amide bonds. The van der Waals surface area contributed by atoms with Crippen LogP contribution in [0.3, 0.4) is 0 Å². The molecule has 0 aromatic heterocycles. The number of piperidine rings is 1. The number of nitrogens with one attached hydrogen (secondary N) is 1. The van der Waals surface area contributed by atoms with E-state index >= 15 is 0 Å². The number of hydrogen-bond donors (Lipinski definition) is 1. The average molecular weight is 314 g/mol. The first-order valence-corrected chi connectivity index (χ1v) is 10.1. The summed E-state index contributed by atoms with van der Waals surface area (Å²) < 4.78 is 23.4. The molecule has 21 heavy (non-hydrogen) atoms. The number of likely N-dealkylation sites (tertiary alicyclic amines) is 1. The van der Waals surface area contributed by atoms with Crippen LogP contribution >= 0.6 is 0 Å². The second-order valence-corrected chi connectivity index (χ2v) is 9.04. The monoisotopic (exact) mass is 314 g/mol. The molecule has 2 aliphatic heterocycles. The summed E-state index contributed by atoms with van der Waals surface area (Å²) >= 11 is 0. The molecule has 3 fully saturated rings. The van der Waals surface area contributed by atoms with Crippen molar-refractivity contribution >= 4 is 15.7 Å². The van der Waals surface area contributed by atoms with Crippen LogP contribution in [0.15, 0.2) is 0 Å². The van der Waals surface area contributed by atoms with Crippen molar-refractivity contribution in [2.45, 2.75) is 57.0 Å². The molecule has 3 rings (SSSR count). The fourth-order valence-corrected chi connectivity index (χ4v) is 5.71. The summed E-state index contributed by atoms with van der Waals surface area (Å²) in [6, 6.07) is 0.223. The largest absolute Gasteiger partial charge is 0.339 e. The standard InChI is InChI=1S/C15H26N2O3S/c18-15(10-13-11-21(19,20)9-7-16-13)17-8-3-5-12-4-1-2-6-14(12)17/h12-14,16H,1-11H2/t12-,13?,14-/m1/s1. The molecule has 2 saturated heterocycles. The van der Waals surface area contributed by atoms with Gasteiger partial charge in [-0.15, -0.1) is 0 Å². The molecule has 1 N–H and O–H groups in total. The molecule has 6 heteroatoms. The second kappa shape index (κ2) is 6.24. The van der Waals surface area contributed by atoms with Crippen LogP contribution in [-0.4, -0.2) is 55.9 Å². The fourth-order valence-electron chi connectivity index (χ4n) is 4.26. The summed E-state index contributed by atoms with van der Waals surface area (Å²) in [6.07, 6.45) is 7.60. The van der Waals surface area contributed by atoms with Crippen LogP contribution in [0.5, 0.6) is 0 Å². The Labute approximate surface area is 127 Å². The van der Waals surface area contributed by atoms with E-state index in [4.69, 9.17) is 0 Å². The number of carbonyl (C=O) groups excluding carboxylic acids is 1. The molecule has 0 bridgehead atoms. The molecule has 2 heterocycles. The van der Waals surface area contributed by atoms with E-state index in [1.807, 2.05) is 0 Å². The lowest BCUT2D eigenvalue weighted by Gasteiger charge is -2.44. The summed E-state index contributed by atoms with van der Waals surface area (Å²) in [4.78, 5) is 14.7. The van der Waals surface area contributed by atoms with Crippen molar-refractivity contribution < 1.29 is 13.2 Å². The minimum atomic E-state index is -2.96. The van der Waals surface area contributed by atoms with Gasteiger partial charge in [0.05, 0.1) is 11.5 Å². The fraction of sp³-hybridized carbons (Fsp3) is 0.933. The van der Waals surface area contributed by atoms with Crippen molar-refractivity contribution in [1.82, 2.24) is 10.2 Å². The second-order valence-electron chi connectivity index (χ2n) is 6.81. The highest BCUT2D eigenvalue weighted by atomic mass is 32.2. The Hall–Kier alpha value is -0.620. The first-order valence-electron chi connectivity index (χ1n) is 8.28. The molecule has 0 aromatic rings. The van der Waals surface area contributed by atoms with Gasteiger partial charge in [0.25, 0.3) is 0 Å². The molecule has 1 unspecified atom stereocenters. The smallest absolute Gasteiger partial charge is 0.224 e. The maximum atomic E-state index is 12.6. The molecule has 3 atom stereocenters. The molecule has 1 saturated carbocycles. The number of nitrogens with zero attached hydrogens (tertiary/aromatic N) is 1. The molecule has 5 nitrogen and oxygen atoms in total. The van der Waals surface area contributed by atoms with E-state index in [0.717, 1.165) is 19.4 Å². The Morgan fingerprint density at radius 3 is 2.71 bits per heavy atom. The quantitative estimate of drug-likeness (QED) is 0.824. The van der Waals surface area contributed by atoms with Gasteiger partial charge in [0.2, 0.25) is 5.91 Å². The third-order valence-corrected chi connectivity index (χ3v) is 7.02. The van der Waals surface area contributed by atoms with Crippen molar-refractivity contribution in [1.29, 1.82) is 0 Å². The zero-order chi connectivity index (χ0) is 14.9. The van der Waals surface area contributed by atoms with Crippen molar-refractivity contribution in [2.75, 3.05) is 24.6 Å². The summed E-state index contributed by atoms with van der Waals surface area (Å²) in [5.74, 6) is 1.15. The minimum Gasteiger partial charge on any atom is -0.339 e. The van der Waals surface area contributed by atoms with E-state index in [1.54, 1.807) is 0 Å². The normalized spacial score (nSPS) is 36.0. The molecular formula is C15H26N2O3S. The Balaban J connectivity index is 1.61. The van der Waals surface area contributed by atoms with Crippen molar-refractivity contribution in [2.24, 2.45) is 5.92 Å². The van der Waals surface area contributed by atoms with E-state index in [1.165, 1.54) is 25.7 Å². The number of carbonyl (C=O) groups is 1. The lowest BCUT2D eigenvalue weighted by molar-refractivity contribution is -0.138. The predicted molar refractivity (Wildman–Crippen MR) is 81.8 cm³/mol. The summed E-state index contributed by atoms with van der Waals surface area (Å²) in [5.41, 5.74) is 0. The van der Waals surface area contributed by atoms with Gasteiger partial charge in [-0.05, 0) is 31.6 Å². The van der Waals surface area contributed by atoms with Crippen LogP contribution in [-0.2, 0) is 14.6 Å². The maximum Gasteiger partial charge on any atom is 0.224 e. The third-order valence-electron chi connectivity index (χ3n) is 5.29. The highest BCUT2D eigenvalue weighted by Gasteiger charge is 2.36. The van der Waals surface area contributed by atoms with Gasteiger partial charge in [0.1, 0.15) is 0 Å². The van der Waals surface area contributed by atoms with E-state index in [9.17, 15) is 13.2 Å². The highest BCUT2D eigenvalue weighted by molar-refractivity contribution is 7.91. The number of rotatable bonds is 2. The van der Waals surface area contributed by atoms with Crippen LogP contribution in [0.4, 0.5) is 0 Å². The first kappa shape index (κ1) is 15.3. The minimum absolute atomic E-state index is 0.112. The summed E-state index contributed by atoms with van der Waals surface area (Å²) in [5, 5.41) is 3.19. The van der Waals surface area contributed by atoms with Crippen LogP contribution in [0.1, 0.15) is 44.9 Å². The van der Waals surface area contributed by atoms with Crippen molar-refractivity contribution in [3.8, 4) is 0 Å². The lowest BCUT2D eigenvalue weighted by Crippen LogP contribution is -2.53. The Kier molecular flexibility index (Phi) is 4.54. The Morgan fingerprint density at radius 2 is 1.90 bits per heavy atom. The van der Waals surface area contributed by atoms with E-state index in [-0.39, 0.29) is 23.5 Å². The van der Waals surface area contributed by atoms with Gasteiger partial charge >= 0.3 is 0 Å². The van der Waals surface area contributed by atoms with Gasteiger partial charge in [-0.2, -0.15) is 0 Å². The number of sulfone groups is 1. The molecular weight excluding hydrogens is 288 g/mol. The van der Waals surface area contributed by atoms with Crippen LogP contribution < -0.4 is 5.32 Å². The van der Waals surface area contributed by atoms with Crippen LogP contribution in [0, 0.1) is 5.92 Å². The van der Waals surface area contributed by atoms with Gasteiger partial charge in [-0.1, -0.05) is 12.8 Å². The predicted octanol–water partition coefficient (Wildman–Crippen LogP) is 0.944. The van der Waals surface area contributed by atoms with E-state index < -0.39 is 9.84 Å². The zero-order valence-electron chi connectivity index (χ0n) is 12.6. The lowest BCUT2D eigenvalue weighted by atomic mass is 9.78. The first-order chi connectivity index (χ1) is 10.1. The summed E-state index contributed by atoms with van der Waals surface area (Å²) in [6.45, 7) is 1.34. The zero-order valence-corrected chi connectivity index (χ0v) is 13.4. The maximum absolute atomic E-state index is 12.6. The molecule has 1 aliphatic carbocycles. The average Bonchev–Trinajstić information content (AvgIpc) is 2.45. The van der Waals surface area contributed by atoms with E-state index in [0.29, 0.717) is 24.9 Å². The van der Waals surface area contributed by atoms with Crippen LogP contribution in [0.25, 0.3) is 0 Å². The van der Waals surface area contributed by atoms with Gasteiger partial charge in [0.15, 0.2) is 9.84 Å². The topological polar surface area (TPSA) is 66.5 Å². The highest BCUT2D eigenvalue weighted by Crippen LogP contribution is 2.35. The van der Waals surface area contributed by atoms with Gasteiger partial charge in [0, 0.05) is 31.6 Å². The van der Waals surface area contributed by atoms with Crippen molar-refractivity contribution in [3.05, 3.63) is 0 Å². The SMILES string of the molecule is O=C(CC1CS(=O)(=O)CCN1)N1CCC[C@H]2CCCC[C@H]21. The Morgan fingerprint density at radius 1 is 1.14 bits per heavy atom. The van der Waals surface area contributed by atoms with E-state index in [2.05, 4.69) is 10.2 Å². The molecule has 120 valence electrons. The summed E-state index contributed by atoms with van der Waals surface area (Å²) in [7, 11) is -2.96. The number of fused-ring (bicyclic) bond motifs is 1. The number of amides is 1. The molecule has 3 aliphatic rings.